The number of aryl methyl sites for hydroxylation is 1. The van der Waals surface area contributed by atoms with Crippen molar-refractivity contribution in [2.45, 2.75) is 25.5 Å². The minimum atomic E-state index is -0.624. The van der Waals surface area contributed by atoms with Crippen molar-refractivity contribution in [3.05, 3.63) is 35.0 Å². The number of amides is 1. The Morgan fingerprint density at radius 1 is 1.42 bits per heavy atom. The molecule has 0 radical (unpaired) electrons. The number of nitrogens with two attached hydrogens (primary N) is 1. The smallest absolute Gasteiger partial charge is 0.240 e. The summed E-state index contributed by atoms with van der Waals surface area (Å²) in [6.07, 6.45) is -0.330. The molecule has 24 heavy (non-hydrogen) atoms. The zero-order chi connectivity index (χ0) is 17.0. The Morgan fingerprint density at radius 3 is 2.92 bits per heavy atom. The van der Waals surface area contributed by atoms with E-state index in [4.69, 9.17) is 17.3 Å². The molecule has 0 unspecified atom stereocenters. The number of aliphatic hydroxyl groups is 1. The first-order valence-corrected chi connectivity index (χ1v) is 8.02. The predicted octanol–water partition coefficient (Wildman–Crippen LogP) is 1.27. The molecule has 1 amide bonds. The number of fused-ring (bicyclic) bond motifs is 3. The molecule has 124 valence electrons. The zero-order valence-electron chi connectivity index (χ0n) is 13.0. The van der Waals surface area contributed by atoms with Crippen LogP contribution in [0, 0.1) is 6.92 Å². The van der Waals surface area contributed by atoms with Gasteiger partial charge in [0.25, 0.3) is 0 Å². The van der Waals surface area contributed by atoms with E-state index < -0.39 is 18.1 Å². The van der Waals surface area contributed by atoms with Gasteiger partial charge in [0.05, 0.1) is 17.3 Å². The number of rotatable bonds is 2. The Bertz CT molecular complexity index is 970. The van der Waals surface area contributed by atoms with Crippen molar-refractivity contribution in [2.24, 2.45) is 5.73 Å². The number of halogens is 1. The summed E-state index contributed by atoms with van der Waals surface area (Å²) in [6.45, 7) is 2.11. The second kappa shape index (κ2) is 5.32. The number of aromatic nitrogens is 3. The molecule has 1 saturated heterocycles. The van der Waals surface area contributed by atoms with Crippen molar-refractivity contribution in [3.8, 4) is 0 Å². The Balaban J connectivity index is 2.03. The molecule has 2 aromatic heterocycles. The van der Waals surface area contributed by atoms with Crippen LogP contribution in [0.25, 0.3) is 16.6 Å². The molecule has 3 heterocycles. The lowest BCUT2D eigenvalue weighted by atomic mass is 10.1. The van der Waals surface area contributed by atoms with Crippen LogP contribution in [0.1, 0.15) is 12.1 Å². The number of benzene rings is 1. The highest BCUT2D eigenvalue weighted by atomic mass is 35.5. The first-order valence-electron chi connectivity index (χ1n) is 7.65. The molecule has 3 N–H and O–H groups in total. The third kappa shape index (κ3) is 2.12. The van der Waals surface area contributed by atoms with Crippen LogP contribution in [0.5, 0.6) is 0 Å². The van der Waals surface area contributed by atoms with Gasteiger partial charge in [-0.25, -0.2) is 9.50 Å². The summed E-state index contributed by atoms with van der Waals surface area (Å²) < 4.78 is 1.70. The van der Waals surface area contributed by atoms with E-state index in [-0.39, 0.29) is 0 Å². The lowest BCUT2D eigenvalue weighted by molar-refractivity contribution is -0.119. The number of hydrogen-bond donors (Lipinski definition) is 2. The van der Waals surface area contributed by atoms with Crippen LogP contribution in [-0.2, 0) is 4.79 Å². The van der Waals surface area contributed by atoms with Crippen LogP contribution < -0.4 is 10.6 Å². The highest BCUT2D eigenvalue weighted by molar-refractivity contribution is 6.34. The van der Waals surface area contributed by atoms with E-state index in [1.807, 2.05) is 31.2 Å². The van der Waals surface area contributed by atoms with E-state index in [9.17, 15) is 9.90 Å². The van der Waals surface area contributed by atoms with Gasteiger partial charge in [-0.15, -0.1) is 0 Å². The number of aliphatic hydroxyl groups excluding tert-OH is 1. The summed E-state index contributed by atoms with van der Waals surface area (Å²) >= 11 is 6.34. The molecule has 2 atom stereocenters. The number of para-hydroxylation sites is 1. The second-order valence-electron chi connectivity index (χ2n) is 6.05. The van der Waals surface area contributed by atoms with Gasteiger partial charge in [-0.3, -0.25) is 4.79 Å². The van der Waals surface area contributed by atoms with Gasteiger partial charge in [0.1, 0.15) is 16.9 Å². The monoisotopic (exact) mass is 345 g/mol. The minimum absolute atomic E-state index is 0.294. The van der Waals surface area contributed by atoms with Gasteiger partial charge >= 0.3 is 0 Å². The zero-order valence-corrected chi connectivity index (χ0v) is 13.7. The molecule has 8 heteroatoms. The molecule has 1 aliphatic rings. The van der Waals surface area contributed by atoms with Crippen molar-refractivity contribution in [3.63, 3.8) is 0 Å². The van der Waals surface area contributed by atoms with Crippen LogP contribution >= 0.6 is 11.6 Å². The highest BCUT2D eigenvalue weighted by Gasteiger charge is 2.36. The lowest BCUT2D eigenvalue weighted by Crippen LogP contribution is -2.41. The van der Waals surface area contributed by atoms with E-state index in [1.165, 1.54) is 0 Å². The van der Waals surface area contributed by atoms with E-state index in [0.29, 0.717) is 35.1 Å². The average Bonchev–Trinajstić information content (AvgIpc) is 3.08. The number of carbonyl (C=O) groups is 1. The van der Waals surface area contributed by atoms with Gasteiger partial charge in [0, 0.05) is 18.4 Å². The molecular weight excluding hydrogens is 330 g/mol. The van der Waals surface area contributed by atoms with E-state index in [2.05, 4.69) is 10.1 Å². The van der Waals surface area contributed by atoms with Gasteiger partial charge in [-0.1, -0.05) is 23.7 Å². The maximum atomic E-state index is 11.8. The number of hydrogen-bond acceptors (Lipinski definition) is 5. The fourth-order valence-electron chi connectivity index (χ4n) is 3.30. The van der Waals surface area contributed by atoms with Gasteiger partial charge in [0.2, 0.25) is 5.91 Å². The summed E-state index contributed by atoms with van der Waals surface area (Å²) in [6, 6.07) is 7.03. The molecule has 7 nitrogen and oxygen atoms in total. The summed E-state index contributed by atoms with van der Waals surface area (Å²) in [4.78, 5) is 18.2. The van der Waals surface area contributed by atoms with Crippen molar-refractivity contribution < 1.29 is 9.90 Å². The fourth-order valence-corrected chi connectivity index (χ4v) is 3.47. The van der Waals surface area contributed by atoms with Crippen molar-refractivity contribution in [2.75, 3.05) is 11.4 Å². The molecule has 1 aromatic carbocycles. The maximum Gasteiger partial charge on any atom is 0.240 e. The van der Waals surface area contributed by atoms with Crippen molar-refractivity contribution >= 4 is 39.9 Å². The normalized spacial score (nSPS) is 21.0. The third-order valence-corrected chi connectivity index (χ3v) is 4.87. The quantitative estimate of drug-likeness (QED) is 0.729. The summed E-state index contributed by atoms with van der Waals surface area (Å²) in [5.74, 6) is 0.105. The van der Waals surface area contributed by atoms with Gasteiger partial charge < -0.3 is 15.7 Å². The van der Waals surface area contributed by atoms with Crippen LogP contribution in [0.4, 0.5) is 5.82 Å². The van der Waals surface area contributed by atoms with Crippen LogP contribution in [0.15, 0.2) is 24.3 Å². The standard InChI is InChI=1S/C16H16ClN5O2/c1-8-13(17)16-19-15(21-7-9(23)6-12(21)14(18)24)10-4-2-3-5-11(10)22(16)20-8/h2-5,9,12,23H,6-7H2,1H3,(H2,18,24)/t9-,12+/m1/s1. The SMILES string of the molecule is Cc1nn2c(nc(N3C[C@H](O)C[C@H]3C(N)=O)c3ccccc32)c1Cl. The molecule has 0 aliphatic carbocycles. The number of carbonyl (C=O) groups excluding carboxylic acids is 1. The Kier molecular flexibility index (Phi) is 3.36. The Labute approximate surface area is 142 Å². The lowest BCUT2D eigenvalue weighted by Gasteiger charge is -2.24. The number of anilines is 1. The number of nitrogens with zero attached hydrogens (tertiary/aromatic N) is 4. The van der Waals surface area contributed by atoms with Crippen molar-refractivity contribution in [1.82, 2.24) is 14.6 Å². The topological polar surface area (TPSA) is 96.8 Å². The van der Waals surface area contributed by atoms with E-state index in [1.54, 1.807) is 9.42 Å². The largest absolute Gasteiger partial charge is 0.391 e. The van der Waals surface area contributed by atoms with Gasteiger partial charge in [-0.2, -0.15) is 5.10 Å². The number of primary amides is 1. The number of β-amino-alcohol motifs (C(OH)–C–C–N with tert-alkyl or cyclic N) is 1. The summed E-state index contributed by atoms with van der Waals surface area (Å²) in [5.41, 5.74) is 7.55. The highest BCUT2D eigenvalue weighted by Crippen LogP contribution is 2.33. The van der Waals surface area contributed by atoms with Gasteiger partial charge in [-0.05, 0) is 19.1 Å². The summed E-state index contributed by atoms with van der Waals surface area (Å²) in [7, 11) is 0. The third-order valence-electron chi connectivity index (χ3n) is 4.43. The van der Waals surface area contributed by atoms with Crippen LogP contribution in [0.2, 0.25) is 5.02 Å². The van der Waals surface area contributed by atoms with E-state index in [0.717, 1.165) is 10.9 Å². The van der Waals surface area contributed by atoms with Crippen LogP contribution in [-0.4, -0.2) is 44.3 Å². The summed E-state index contributed by atoms with van der Waals surface area (Å²) in [5, 5.41) is 15.7. The van der Waals surface area contributed by atoms with Gasteiger partial charge in [0.15, 0.2) is 5.65 Å². The first kappa shape index (κ1) is 15.2. The first-order chi connectivity index (χ1) is 11.5. The Hall–Kier alpha value is -2.38. The molecule has 1 fully saturated rings. The predicted molar refractivity (Wildman–Crippen MR) is 91.2 cm³/mol. The molecule has 3 aromatic rings. The molecule has 1 aliphatic heterocycles. The Morgan fingerprint density at radius 2 is 2.17 bits per heavy atom. The molecule has 0 bridgehead atoms. The van der Waals surface area contributed by atoms with Crippen molar-refractivity contribution in [1.29, 1.82) is 0 Å². The molecular formula is C16H16ClN5O2. The second-order valence-corrected chi connectivity index (χ2v) is 6.43. The molecule has 0 spiro atoms. The molecule has 4 rings (SSSR count). The minimum Gasteiger partial charge on any atom is -0.391 e. The molecule has 0 saturated carbocycles. The fraction of sp³-hybridized carbons (Fsp3) is 0.312. The van der Waals surface area contributed by atoms with E-state index >= 15 is 0 Å². The average molecular weight is 346 g/mol. The maximum absolute atomic E-state index is 11.8. The van der Waals surface area contributed by atoms with Crippen LogP contribution in [0.3, 0.4) is 0 Å².